The number of halogens is 2. The molecule has 2 aromatic rings. The summed E-state index contributed by atoms with van der Waals surface area (Å²) in [7, 11) is 5.21. The molecule has 2 rings (SSSR count). The molecule has 0 aromatic heterocycles. The molecule has 2 N–H and O–H groups in total. The Morgan fingerprint density at radius 3 is 2.32 bits per heavy atom. The monoisotopic (exact) mass is 390 g/mol. The van der Waals surface area contributed by atoms with E-state index in [9.17, 15) is 8.78 Å². The van der Waals surface area contributed by atoms with Crippen molar-refractivity contribution in [2.75, 3.05) is 40.8 Å². The Morgan fingerprint density at radius 1 is 1.04 bits per heavy atom. The van der Waals surface area contributed by atoms with Crippen LogP contribution in [0.3, 0.4) is 0 Å². The van der Waals surface area contributed by atoms with Crippen molar-refractivity contribution in [3.05, 3.63) is 71.3 Å². The summed E-state index contributed by atoms with van der Waals surface area (Å²) in [5.74, 6) is -0.567. The van der Waals surface area contributed by atoms with Crippen LogP contribution in [0, 0.1) is 11.6 Å². The van der Waals surface area contributed by atoms with E-state index < -0.39 is 17.7 Å². The highest BCUT2D eigenvalue weighted by Crippen LogP contribution is 2.23. The first kappa shape index (κ1) is 21.8. The molecule has 0 radical (unpaired) electrons. The smallest absolute Gasteiger partial charge is 0.191 e. The van der Waals surface area contributed by atoms with Gasteiger partial charge in [0.2, 0.25) is 0 Å². The molecule has 7 heteroatoms. The molecular weight excluding hydrogens is 362 g/mol. The molecule has 1 atom stereocenters. The minimum absolute atomic E-state index is 0.0432. The molecule has 28 heavy (non-hydrogen) atoms. The van der Waals surface area contributed by atoms with Crippen LogP contribution >= 0.6 is 0 Å². The van der Waals surface area contributed by atoms with Gasteiger partial charge in [0.25, 0.3) is 0 Å². The zero-order valence-electron chi connectivity index (χ0n) is 16.6. The van der Waals surface area contributed by atoms with Gasteiger partial charge < -0.3 is 20.3 Å². The molecule has 0 aliphatic carbocycles. The van der Waals surface area contributed by atoms with E-state index in [4.69, 9.17) is 4.74 Å². The Balaban J connectivity index is 1.81. The number of hydrogen-bond acceptors (Lipinski definition) is 3. The number of likely N-dealkylation sites (N-methyl/N-ethyl adjacent to an activating group) is 1. The lowest BCUT2D eigenvalue weighted by molar-refractivity contribution is 0.125. The standard InChI is InChI=1S/C21H28F2N4O/c1-24-21(25-12-13-28-15-16-8-5-4-6-9-16)26-14-19(27(2)3)20-17(22)10-7-11-18(20)23/h4-11,19H,12-15H2,1-3H3,(H2,24,25,26). The first-order chi connectivity index (χ1) is 13.5. The molecule has 0 fully saturated rings. The van der Waals surface area contributed by atoms with Crippen molar-refractivity contribution >= 4 is 5.96 Å². The third kappa shape index (κ3) is 6.58. The maximum Gasteiger partial charge on any atom is 0.191 e. The fourth-order valence-corrected chi connectivity index (χ4v) is 2.79. The van der Waals surface area contributed by atoms with E-state index >= 15 is 0 Å². The number of nitrogens with one attached hydrogen (secondary N) is 2. The molecule has 0 saturated carbocycles. The van der Waals surface area contributed by atoms with Crippen LogP contribution in [0.15, 0.2) is 53.5 Å². The first-order valence-corrected chi connectivity index (χ1v) is 9.19. The SMILES string of the molecule is CN=C(NCCOCc1ccccc1)NCC(c1c(F)cccc1F)N(C)C. The second-order valence-electron chi connectivity index (χ2n) is 6.53. The lowest BCUT2D eigenvalue weighted by atomic mass is 10.0. The molecule has 0 bridgehead atoms. The summed E-state index contributed by atoms with van der Waals surface area (Å²) in [5, 5.41) is 6.26. The van der Waals surface area contributed by atoms with Gasteiger partial charge in [-0.3, -0.25) is 4.99 Å². The Labute approximate surface area is 165 Å². The largest absolute Gasteiger partial charge is 0.375 e. The second kappa shape index (κ2) is 11.4. The third-order valence-corrected chi connectivity index (χ3v) is 4.29. The van der Waals surface area contributed by atoms with Gasteiger partial charge >= 0.3 is 0 Å². The molecule has 5 nitrogen and oxygen atoms in total. The van der Waals surface area contributed by atoms with Gasteiger partial charge in [0.05, 0.1) is 19.3 Å². The zero-order valence-corrected chi connectivity index (χ0v) is 16.6. The van der Waals surface area contributed by atoms with Crippen LogP contribution in [0.5, 0.6) is 0 Å². The number of hydrogen-bond donors (Lipinski definition) is 2. The molecular formula is C21H28F2N4O. The fraction of sp³-hybridized carbons (Fsp3) is 0.381. The molecule has 0 spiro atoms. The lowest BCUT2D eigenvalue weighted by Crippen LogP contribution is -2.43. The predicted molar refractivity (Wildman–Crippen MR) is 108 cm³/mol. The number of aliphatic imine (C=N–C) groups is 1. The minimum Gasteiger partial charge on any atom is -0.375 e. The summed E-state index contributed by atoms with van der Waals surface area (Å²) < 4.78 is 33.9. The lowest BCUT2D eigenvalue weighted by Gasteiger charge is -2.26. The Hall–Kier alpha value is -2.51. The molecule has 152 valence electrons. The molecule has 0 aliphatic rings. The van der Waals surface area contributed by atoms with Gasteiger partial charge in [0.1, 0.15) is 11.6 Å². The van der Waals surface area contributed by atoms with Gasteiger partial charge in [-0.15, -0.1) is 0 Å². The molecule has 0 saturated heterocycles. The minimum atomic E-state index is -0.558. The van der Waals surface area contributed by atoms with Crippen molar-refractivity contribution in [3.8, 4) is 0 Å². The molecule has 0 heterocycles. The van der Waals surface area contributed by atoms with Crippen molar-refractivity contribution in [1.29, 1.82) is 0 Å². The predicted octanol–water partition coefficient (Wildman–Crippen LogP) is 2.95. The van der Waals surface area contributed by atoms with Crippen LogP contribution in [0.4, 0.5) is 8.78 Å². The Kier molecular flexibility index (Phi) is 8.84. The molecule has 2 aromatic carbocycles. The van der Waals surface area contributed by atoms with Gasteiger partial charge in [-0.25, -0.2) is 8.78 Å². The van der Waals surface area contributed by atoms with Gasteiger partial charge in [0.15, 0.2) is 5.96 Å². The number of ether oxygens (including phenoxy) is 1. The average molecular weight is 390 g/mol. The number of nitrogens with zero attached hydrogens (tertiary/aromatic N) is 2. The van der Waals surface area contributed by atoms with E-state index in [1.54, 1.807) is 26.0 Å². The Bertz CT molecular complexity index is 733. The van der Waals surface area contributed by atoms with Crippen LogP contribution < -0.4 is 10.6 Å². The van der Waals surface area contributed by atoms with Crippen molar-refractivity contribution in [1.82, 2.24) is 15.5 Å². The Morgan fingerprint density at radius 2 is 1.71 bits per heavy atom. The highest BCUT2D eigenvalue weighted by atomic mass is 19.1. The molecule has 1 unspecified atom stereocenters. The van der Waals surface area contributed by atoms with E-state index in [0.29, 0.717) is 32.3 Å². The van der Waals surface area contributed by atoms with Crippen molar-refractivity contribution in [3.63, 3.8) is 0 Å². The third-order valence-electron chi connectivity index (χ3n) is 4.29. The van der Waals surface area contributed by atoms with Crippen molar-refractivity contribution < 1.29 is 13.5 Å². The van der Waals surface area contributed by atoms with Gasteiger partial charge in [-0.1, -0.05) is 36.4 Å². The summed E-state index contributed by atoms with van der Waals surface area (Å²) >= 11 is 0. The molecule has 0 aliphatic heterocycles. The number of benzene rings is 2. The fourth-order valence-electron chi connectivity index (χ4n) is 2.79. The first-order valence-electron chi connectivity index (χ1n) is 9.19. The van der Waals surface area contributed by atoms with Gasteiger partial charge in [0, 0.05) is 25.7 Å². The van der Waals surface area contributed by atoms with Crippen LogP contribution in [0.25, 0.3) is 0 Å². The summed E-state index contributed by atoms with van der Waals surface area (Å²) in [5.41, 5.74) is 1.16. The van der Waals surface area contributed by atoms with Crippen LogP contribution in [-0.2, 0) is 11.3 Å². The van der Waals surface area contributed by atoms with E-state index in [0.717, 1.165) is 5.56 Å². The summed E-state index contributed by atoms with van der Waals surface area (Å²) in [4.78, 5) is 5.92. The zero-order chi connectivity index (χ0) is 20.4. The molecule has 0 amide bonds. The normalized spacial score (nSPS) is 12.9. The van der Waals surface area contributed by atoms with E-state index in [1.165, 1.54) is 18.2 Å². The number of rotatable bonds is 9. The topological polar surface area (TPSA) is 48.9 Å². The highest BCUT2D eigenvalue weighted by Gasteiger charge is 2.22. The van der Waals surface area contributed by atoms with E-state index in [2.05, 4.69) is 15.6 Å². The van der Waals surface area contributed by atoms with Crippen LogP contribution in [0.2, 0.25) is 0 Å². The summed E-state index contributed by atoms with van der Waals surface area (Å²) in [6.07, 6.45) is 0. The average Bonchev–Trinajstić information content (AvgIpc) is 2.68. The maximum atomic E-state index is 14.1. The summed E-state index contributed by atoms with van der Waals surface area (Å²) in [6.45, 7) is 1.92. The van der Waals surface area contributed by atoms with E-state index in [1.807, 2.05) is 30.3 Å². The van der Waals surface area contributed by atoms with Crippen molar-refractivity contribution in [2.45, 2.75) is 12.6 Å². The highest BCUT2D eigenvalue weighted by molar-refractivity contribution is 5.79. The van der Waals surface area contributed by atoms with Crippen LogP contribution in [-0.4, -0.2) is 51.7 Å². The quantitative estimate of drug-likeness (QED) is 0.393. The number of guanidine groups is 1. The van der Waals surface area contributed by atoms with Gasteiger partial charge in [-0.05, 0) is 31.8 Å². The van der Waals surface area contributed by atoms with Crippen molar-refractivity contribution in [2.24, 2.45) is 4.99 Å². The second-order valence-corrected chi connectivity index (χ2v) is 6.53. The van der Waals surface area contributed by atoms with Crippen LogP contribution in [0.1, 0.15) is 17.2 Å². The van der Waals surface area contributed by atoms with Gasteiger partial charge in [-0.2, -0.15) is 0 Å². The van der Waals surface area contributed by atoms with E-state index in [-0.39, 0.29) is 5.56 Å². The summed E-state index contributed by atoms with van der Waals surface area (Å²) in [6, 6.07) is 13.4. The maximum absolute atomic E-state index is 14.1.